The molecule has 1 fully saturated rings. The highest BCUT2D eigenvalue weighted by Crippen LogP contribution is 2.29. The molecule has 2 aliphatic rings. The van der Waals surface area contributed by atoms with Crippen LogP contribution in [0.1, 0.15) is 43.2 Å². The van der Waals surface area contributed by atoms with Crippen LogP contribution in [-0.2, 0) is 13.0 Å². The van der Waals surface area contributed by atoms with Crippen LogP contribution < -0.4 is 0 Å². The van der Waals surface area contributed by atoms with Crippen molar-refractivity contribution in [3.05, 3.63) is 17.7 Å². The van der Waals surface area contributed by atoms with Gasteiger partial charge in [0.2, 0.25) is 0 Å². The first kappa shape index (κ1) is 11.2. The fourth-order valence-electron chi connectivity index (χ4n) is 3.04. The van der Waals surface area contributed by atoms with E-state index >= 15 is 0 Å². The molecule has 3 heterocycles. The van der Waals surface area contributed by atoms with Gasteiger partial charge in [-0.3, -0.25) is 4.90 Å². The number of aromatic nitrogens is 2. The molecule has 2 unspecified atom stereocenters. The Morgan fingerprint density at radius 3 is 3.00 bits per heavy atom. The lowest BCUT2D eigenvalue weighted by atomic mass is 10.0. The second-order valence-corrected chi connectivity index (χ2v) is 5.41. The Balaban J connectivity index is 1.84. The van der Waals surface area contributed by atoms with Crippen LogP contribution in [-0.4, -0.2) is 39.3 Å². The number of hydrogen-bond donors (Lipinski definition) is 1. The molecule has 94 valence electrons. The first-order valence-corrected chi connectivity index (χ1v) is 6.68. The first-order valence-electron chi connectivity index (χ1n) is 6.68. The largest absolute Gasteiger partial charge is 0.393 e. The Hall–Kier alpha value is -0.870. The molecule has 1 aromatic rings. The number of fused-ring (bicyclic) bond motifs is 1. The summed E-state index contributed by atoms with van der Waals surface area (Å²) in [4.78, 5) is 7.15. The Labute approximate surface area is 102 Å². The van der Waals surface area contributed by atoms with E-state index < -0.39 is 0 Å². The van der Waals surface area contributed by atoms with Gasteiger partial charge in [0.1, 0.15) is 5.82 Å². The summed E-state index contributed by atoms with van der Waals surface area (Å²) in [5, 5.41) is 9.66. The normalized spacial score (nSPS) is 30.2. The molecule has 0 aliphatic carbocycles. The van der Waals surface area contributed by atoms with Crippen LogP contribution in [0.4, 0.5) is 0 Å². The van der Waals surface area contributed by atoms with Gasteiger partial charge in [0.15, 0.2) is 0 Å². The topological polar surface area (TPSA) is 41.3 Å². The van der Waals surface area contributed by atoms with Crippen molar-refractivity contribution in [3.63, 3.8) is 0 Å². The van der Waals surface area contributed by atoms with Crippen molar-refractivity contribution >= 4 is 0 Å². The van der Waals surface area contributed by atoms with E-state index in [-0.39, 0.29) is 6.10 Å². The zero-order chi connectivity index (χ0) is 11.8. The Morgan fingerprint density at radius 2 is 2.18 bits per heavy atom. The molecule has 0 amide bonds. The fraction of sp³-hybridized carbons (Fsp3) is 0.769. The van der Waals surface area contributed by atoms with Gasteiger partial charge in [-0.1, -0.05) is 6.42 Å². The van der Waals surface area contributed by atoms with Gasteiger partial charge in [-0.25, -0.2) is 4.98 Å². The van der Waals surface area contributed by atoms with Crippen LogP contribution in [0, 0.1) is 0 Å². The minimum absolute atomic E-state index is 0.193. The Kier molecular flexibility index (Phi) is 2.92. The van der Waals surface area contributed by atoms with E-state index in [4.69, 9.17) is 4.98 Å². The summed E-state index contributed by atoms with van der Waals surface area (Å²) >= 11 is 0. The Morgan fingerprint density at radius 1 is 1.29 bits per heavy atom. The van der Waals surface area contributed by atoms with Gasteiger partial charge >= 0.3 is 0 Å². The molecule has 0 saturated carbocycles. The summed E-state index contributed by atoms with van der Waals surface area (Å²) in [7, 11) is 2.19. The highest BCUT2D eigenvalue weighted by atomic mass is 16.3. The van der Waals surface area contributed by atoms with Crippen molar-refractivity contribution in [2.75, 3.05) is 13.6 Å². The number of aliphatic hydroxyl groups excluding tert-OH is 1. The molecule has 3 rings (SSSR count). The van der Waals surface area contributed by atoms with Gasteiger partial charge in [-0.05, 0) is 32.9 Å². The van der Waals surface area contributed by atoms with Gasteiger partial charge in [-0.15, -0.1) is 0 Å². The van der Waals surface area contributed by atoms with Crippen molar-refractivity contribution in [3.8, 4) is 0 Å². The maximum Gasteiger partial charge on any atom is 0.111 e. The number of hydrogen-bond acceptors (Lipinski definition) is 3. The number of likely N-dealkylation sites (tertiary alicyclic amines) is 1. The van der Waals surface area contributed by atoms with Crippen LogP contribution in [0.25, 0.3) is 0 Å². The fourth-order valence-corrected chi connectivity index (χ4v) is 3.04. The van der Waals surface area contributed by atoms with E-state index in [0.717, 1.165) is 25.2 Å². The molecule has 0 bridgehead atoms. The lowest BCUT2D eigenvalue weighted by Crippen LogP contribution is -2.29. The molecule has 2 atom stereocenters. The number of piperidine rings is 1. The highest BCUT2D eigenvalue weighted by Gasteiger charge is 2.26. The smallest absolute Gasteiger partial charge is 0.111 e. The van der Waals surface area contributed by atoms with Crippen molar-refractivity contribution in [1.82, 2.24) is 14.5 Å². The van der Waals surface area contributed by atoms with Crippen LogP contribution in [0.15, 0.2) is 6.20 Å². The summed E-state index contributed by atoms with van der Waals surface area (Å²) in [6, 6.07) is 0.485. The zero-order valence-electron chi connectivity index (χ0n) is 10.5. The lowest BCUT2D eigenvalue weighted by Gasteiger charge is -2.31. The highest BCUT2D eigenvalue weighted by molar-refractivity contribution is 5.12. The Bertz CT molecular complexity index is 401. The zero-order valence-corrected chi connectivity index (χ0v) is 10.5. The number of imidazole rings is 1. The molecule has 1 N–H and O–H groups in total. The van der Waals surface area contributed by atoms with Gasteiger partial charge in [0.05, 0.1) is 17.8 Å². The first-order chi connectivity index (χ1) is 8.24. The van der Waals surface area contributed by atoms with Gasteiger partial charge < -0.3 is 9.67 Å². The number of rotatable bonds is 1. The lowest BCUT2D eigenvalue weighted by molar-refractivity contribution is 0.141. The van der Waals surface area contributed by atoms with Gasteiger partial charge in [0, 0.05) is 19.2 Å². The molecule has 2 aliphatic heterocycles. The van der Waals surface area contributed by atoms with Gasteiger partial charge in [-0.2, -0.15) is 0 Å². The number of nitrogens with zero attached hydrogens (tertiary/aromatic N) is 3. The van der Waals surface area contributed by atoms with Crippen molar-refractivity contribution in [2.24, 2.45) is 0 Å². The van der Waals surface area contributed by atoms with Crippen LogP contribution in [0.5, 0.6) is 0 Å². The summed E-state index contributed by atoms with van der Waals surface area (Å²) < 4.78 is 2.23. The van der Waals surface area contributed by atoms with Crippen molar-refractivity contribution < 1.29 is 5.11 Å². The third kappa shape index (κ3) is 2.11. The average Bonchev–Trinajstić information content (AvgIpc) is 2.72. The van der Waals surface area contributed by atoms with E-state index in [1.54, 1.807) is 0 Å². The predicted octanol–water partition coefficient (Wildman–Crippen LogP) is 1.35. The standard InChI is InChI=1S/C13H21N3O/c1-15-6-3-2-4-12(15)11-9-16-7-5-10(17)8-13(16)14-11/h9-10,12,17H,2-8H2,1H3. The molecule has 1 aromatic heterocycles. The minimum Gasteiger partial charge on any atom is -0.393 e. The van der Waals surface area contributed by atoms with E-state index in [9.17, 15) is 5.11 Å². The molecular formula is C13H21N3O. The summed E-state index contributed by atoms with van der Waals surface area (Å²) in [6.45, 7) is 2.09. The monoisotopic (exact) mass is 235 g/mol. The minimum atomic E-state index is -0.193. The van der Waals surface area contributed by atoms with Crippen molar-refractivity contribution in [2.45, 2.75) is 50.8 Å². The third-order valence-corrected chi connectivity index (χ3v) is 4.11. The van der Waals surface area contributed by atoms with E-state index in [1.807, 2.05) is 0 Å². The molecule has 4 nitrogen and oxygen atoms in total. The van der Waals surface area contributed by atoms with Crippen LogP contribution in [0.3, 0.4) is 0 Å². The number of aryl methyl sites for hydroxylation is 1. The second-order valence-electron chi connectivity index (χ2n) is 5.41. The molecule has 0 radical (unpaired) electrons. The van der Waals surface area contributed by atoms with E-state index in [1.165, 1.54) is 31.5 Å². The maximum atomic E-state index is 9.66. The SMILES string of the molecule is CN1CCCCC1c1cn2c(n1)CC(O)CC2. The molecule has 0 aromatic carbocycles. The quantitative estimate of drug-likeness (QED) is 0.799. The van der Waals surface area contributed by atoms with Crippen LogP contribution in [0.2, 0.25) is 0 Å². The molecule has 17 heavy (non-hydrogen) atoms. The molecule has 1 saturated heterocycles. The molecule has 4 heteroatoms. The summed E-state index contributed by atoms with van der Waals surface area (Å²) in [5.74, 6) is 1.07. The predicted molar refractivity (Wildman–Crippen MR) is 65.8 cm³/mol. The van der Waals surface area contributed by atoms with Crippen molar-refractivity contribution in [1.29, 1.82) is 0 Å². The molecule has 0 spiro atoms. The van der Waals surface area contributed by atoms with E-state index in [0.29, 0.717) is 6.04 Å². The maximum absolute atomic E-state index is 9.66. The number of aliphatic hydroxyl groups is 1. The summed E-state index contributed by atoms with van der Waals surface area (Å²) in [6.07, 6.45) is 7.42. The van der Waals surface area contributed by atoms with Gasteiger partial charge in [0.25, 0.3) is 0 Å². The van der Waals surface area contributed by atoms with E-state index in [2.05, 4.69) is 22.7 Å². The molecular weight excluding hydrogens is 214 g/mol. The average molecular weight is 235 g/mol. The second kappa shape index (κ2) is 4.42. The van der Waals surface area contributed by atoms with Crippen LogP contribution >= 0.6 is 0 Å². The third-order valence-electron chi connectivity index (χ3n) is 4.11. The summed E-state index contributed by atoms with van der Waals surface area (Å²) in [5.41, 5.74) is 1.20.